The molecule has 0 atom stereocenters. The molecule has 2 rings (SSSR count). The van der Waals surface area contributed by atoms with E-state index < -0.39 is 0 Å². The predicted octanol–water partition coefficient (Wildman–Crippen LogP) is 3.49. The molecule has 0 fully saturated rings. The second-order valence-corrected chi connectivity index (χ2v) is 4.28. The molecule has 0 radical (unpaired) electrons. The van der Waals surface area contributed by atoms with Gasteiger partial charge in [0.25, 0.3) is 0 Å². The maximum absolute atomic E-state index is 11.3. The quantitative estimate of drug-likeness (QED) is 0.765. The first-order chi connectivity index (χ1) is 8.69. The Bertz CT molecular complexity index is 559. The van der Waals surface area contributed by atoms with Gasteiger partial charge in [-0.25, -0.2) is 0 Å². The first-order valence-corrected chi connectivity index (χ1v) is 5.92. The highest BCUT2D eigenvalue weighted by Crippen LogP contribution is 2.17. The normalized spacial score (nSPS) is 10.1. The number of carbonyl (C=O) groups is 1. The molecule has 0 aliphatic heterocycles. The van der Waals surface area contributed by atoms with Crippen LogP contribution in [0.5, 0.6) is 5.75 Å². The summed E-state index contributed by atoms with van der Waals surface area (Å²) >= 11 is 0. The Morgan fingerprint density at radius 3 is 2.39 bits per heavy atom. The smallest absolute Gasteiger partial charge is 0.159 e. The number of rotatable bonds is 4. The Kier molecular flexibility index (Phi) is 3.78. The predicted molar refractivity (Wildman–Crippen MR) is 72.2 cm³/mol. The minimum atomic E-state index is 0.0995. The zero-order valence-electron chi connectivity index (χ0n) is 10.6. The van der Waals surface area contributed by atoms with Crippen LogP contribution in [0.3, 0.4) is 0 Å². The fraction of sp³-hybridized carbons (Fsp3) is 0.188. The molecule has 0 spiro atoms. The molecular formula is C16H16O2. The second kappa shape index (κ2) is 5.50. The van der Waals surface area contributed by atoms with Crippen LogP contribution in [0.25, 0.3) is 0 Å². The van der Waals surface area contributed by atoms with Crippen molar-refractivity contribution in [3.63, 3.8) is 0 Å². The van der Waals surface area contributed by atoms with Crippen LogP contribution in [0.15, 0.2) is 48.5 Å². The number of benzene rings is 2. The number of carbonyl (C=O) groups excluding carboxylic acids is 1. The summed E-state index contributed by atoms with van der Waals surface area (Å²) in [5.41, 5.74) is 3.07. The minimum Gasteiger partial charge on any atom is -0.497 e. The summed E-state index contributed by atoms with van der Waals surface area (Å²) < 4.78 is 5.20. The van der Waals surface area contributed by atoms with Gasteiger partial charge in [0.05, 0.1) is 7.11 Å². The van der Waals surface area contributed by atoms with Crippen molar-refractivity contribution in [1.82, 2.24) is 0 Å². The standard InChI is InChI=1S/C16H16O2/c1-12(17)15-7-3-5-13(10-15)9-14-6-4-8-16(11-14)18-2/h3-8,10-11H,9H2,1-2H3. The van der Waals surface area contributed by atoms with Crippen LogP contribution < -0.4 is 4.74 Å². The molecule has 0 unspecified atom stereocenters. The number of ether oxygens (including phenoxy) is 1. The molecule has 0 amide bonds. The van der Waals surface area contributed by atoms with Gasteiger partial charge in [0.1, 0.15) is 5.75 Å². The van der Waals surface area contributed by atoms with Crippen molar-refractivity contribution in [2.45, 2.75) is 13.3 Å². The van der Waals surface area contributed by atoms with Crippen molar-refractivity contribution in [1.29, 1.82) is 0 Å². The van der Waals surface area contributed by atoms with Gasteiger partial charge < -0.3 is 4.74 Å². The van der Waals surface area contributed by atoms with E-state index in [-0.39, 0.29) is 5.78 Å². The zero-order valence-corrected chi connectivity index (χ0v) is 10.6. The van der Waals surface area contributed by atoms with Gasteiger partial charge in [-0.2, -0.15) is 0 Å². The van der Waals surface area contributed by atoms with Crippen LogP contribution in [-0.2, 0) is 6.42 Å². The van der Waals surface area contributed by atoms with Gasteiger partial charge in [0.15, 0.2) is 5.78 Å². The summed E-state index contributed by atoms with van der Waals surface area (Å²) in [6, 6.07) is 15.7. The van der Waals surface area contributed by atoms with E-state index in [2.05, 4.69) is 6.07 Å². The topological polar surface area (TPSA) is 26.3 Å². The maximum atomic E-state index is 11.3. The third-order valence-corrected chi connectivity index (χ3v) is 2.88. The molecule has 2 heteroatoms. The Hall–Kier alpha value is -2.09. The molecule has 0 bridgehead atoms. The van der Waals surface area contributed by atoms with E-state index in [9.17, 15) is 4.79 Å². The van der Waals surface area contributed by atoms with Gasteiger partial charge in [0, 0.05) is 5.56 Å². The molecule has 0 saturated heterocycles. The minimum absolute atomic E-state index is 0.0995. The molecule has 0 heterocycles. The molecule has 0 aromatic heterocycles. The number of hydrogen-bond acceptors (Lipinski definition) is 2. The molecule has 18 heavy (non-hydrogen) atoms. The average Bonchev–Trinajstić information content (AvgIpc) is 2.39. The van der Waals surface area contributed by atoms with Gasteiger partial charge in [-0.3, -0.25) is 4.79 Å². The molecule has 2 aromatic carbocycles. The summed E-state index contributed by atoms with van der Waals surface area (Å²) in [6.45, 7) is 1.59. The van der Waals surface area contributed by atoms with Gasteiger partial charge in [0.2, 0.25) is 0 Å². The van der Waals surface area contributed by atoms with Crippen LogP contribution in [0.1, 0.15) is 28.4 Å². The number of ketones is 1. The monoisotopic (exact) mass is 240 g/mol. The van der Waals surface area contributed by atoms with E-state index in [1.54, 1.807) is 14.0 Å². The second-order valence-electron chi connectivity index (χ2n) is 4.28. The van der Waals surface area contributed by atoms with Gasteiger partial charge in [-0.05, 0) is 42.7 Å². The summed E-state index contributed by atoms with van der Waals surface area (Å²) in [5, 5.41) is 0. The van der Waals surface area contributed by atoms with Crippen molar-refractivity contribution in [3.8, 4) is 5.75 Å². The first kappa shape index (κ1) is 12.4. The van der Waals surface area contributed by atoms with Crippen molar-refractivity contribution < 1.29 is 9.53 Å². The summed E-state index contributed by atoms with van der Waals surface area (Å²) in [4.78, 5) is 11.3. The van der Waals surface area contributed by atoms with E-state index in [0.717, 1.165) is 23.3 Å². The van der Waals surface area contributed by atoms with Crippen molar-refractivity contribution in [2.24, 2.45) is 0 Å². The van der Waals surface area contributed by atoms with Gasteiger partial charge in [-0.1, -0.05) is 30.3 Å². The Morgan fingerprint density at radius 1 is 1.06 bits per heavy atom. The molecule has 0 N–H and O–H groups in total. The lowest BCUT2D eigenvalue weighted by atomic mass is 10.0. The highest BCUT2D eigenvalue weighted by molar-refractivity contribution is 5.94. The van der Waals surface area contributed by atoms with Crippen LogP contribution >= 0.6 is 0 Å². The van der Waals surface area contributed by atoms with E-state index in [1.165, 1.54) is 5.56 Å². The molecule has 0 saturated carbocycles. The van der Waals surface area contributed by atoms with E-state index in [4.69, 9.17) is 4.74 Å². The lowest BCUT2D eigenvalue weighted by molar-refractivity contribution is 0.101. The molecule has 0 aliphatic rings. The molecule has 92 valence electrons. The number of methoxy groups -OCH3 is 1. The zero-order chi connectivity index (χ0) is 13.0. The van der Waals surface area contributed by atoms with Crippen LogP contribution in [-0.4, -0.2) is 12.9 Å². The fourth-order valence-electron chi connectivity index (χ4n) is 1.92. The third kappa shape index (κ3) is 2.98. The Balaban J connectivity index is 2.22. The van der Waals surface area contributed by atoms with Gasteiger partial charge in [-0.15, -0.1) is 0 Å². The first-order valence-electron chi connectivity index (χ1n) is 5.92. The highest BCUT2D eigenvalue weighted by Gasteiger charge is 2.02. The molecular weight excluding hydrogens is 224 g/mol. The maximum Gasteiger partial charge on any atom is 0.159 e. The SMILES string of the molecule is COc1cccc(Cc2cccc(C(C)=O)c2)c1. The summed E-state index contributed by atoms with van der Waals surface area (Å²) in [6.07, 6.45) is 0.804. The van der Waals surface area contributed by atoms with E-state index in [1.807, 2.05) is 42.5 Å². The van der Waals surface area contributed by atoms with Crippen LogP contribution in [0, 0.1) is 0 Å². The summed E-state index contributed by atoms with van der Waals surface area (Å²) in [5.74, 6) is 0.956. The summed E-state index contributed by atoms with van der Waals surface area (Å²) in [7, 11) is 1.66. The van der Waals surface area contributed by atoms with Crippen molar-refractivity contribution in [3.05, 3.63) is 65.2 Å². The third-order valence-electron chi connectivity index (χ3n) is 2.88. The number of hydrogen-bond donors (Lipinski definition) is 0. The highest BCUT2D eigenvalue weighted by atomic mass is 16.5. The fourth-order valence-corrected chi connectivity index (χ4v) is 1.92. The molecule has 2 nitrogen and oxygen atoms in total. The van der Waals surface area contributed by atoms with E-state index in [0.29, 0.717) is 0 Å². The molecule has 2 aromatic rings. The van der Waals surface area contributed by atoms with Crippen molar-refractivity contribution >= 4 is 5.78 Å². The van der Waals surface area contributed by atoms with E-state index >= 15 is 0 Å². The lowest BCUT2D eigenvalue weighted by Gasteiger charge is -2.06. The number of Topliss-reactive ketones (excluding diaryl/α,β-unsaturated/α-hetero) is 1. The Morgan fingerprint density at radius 2 is 1.72 bits per heavy atom. The molecule has 0 aliphatic carbocycles. The average molecular weight is 240 g/mol. The van der Waals surface area contributed by atoms with Crippen LogP contribution in [0.4, 0.5) is 0 Å². The largest absolute Gasteiger partial charge is 0.497 e. The van der Waals surface area contributed by atoms with Crippen molar-refractivity contribution in [2.75, 3.05) is 7.11 Å². The lowest BCUT2D eigenvalue weighted by Crippen LogP contribution is -1.95. The Labute approximate surface area is 107 Å². The van der Waals surface area contributed by atoms with Crippen LogP contribution in [0.2, 0.25) is 0 Å². The van der Waals surface area contributed by atoms with Gasteiger partial charge >= 0.3 is 0 Å².